The fraction of sp³-hybridized carbons (Fsp3) is 0.368. The second-order valence-corrected chi connectivity index (χ2v) is 18.9. The van der Waals surface area contributed by atoms with E-state index in [1.807, 2.05) is 6.92 Å². The quantitative estimate of drug-likeness (QED) is 0.128. The van der Waals surface area contributed by atoms with Crippen LogP contribution in [0.2, 0.25) is 0 Å². The van der Waals surface area contributed by atoms with Gasteiger partial charge in [0.1, 0.15) is 19.7 Å². The van der Waals surface area contributed by atoms with Gasteiger partial charge in [0.2, 0.25) is 0 Å². The van der Waals surface area contributed by atoms with Crippen molar-refractivity contribution in [2.75, 3.05) is 51.5 Å². The van der Waals surface area contributed by atoms with Crippen LogP contribution in [0.1, 0.15) is 42.1 Å². The van der Waals surface area contributed by atoms with E-state index in [4.69, 9.17) is 18.9 Å². The van der Waals surface area contributed by atoms with E-state index in [9.17, 15) is 26.4 Å². The molecule has 6 rings (SSSR count). The molecule has 6 aromatic rings. The molecular weight excluding hydrogens is 844 g/mol. The molecule has 19 heteroatoms. The number of H-pyrrole nitrogens is 1. The van der Waals surface area contributed by atoms with Gasteiger partial charge in [0.25, 0.3) is 0 Å². The summed E-state index contributed by atoms with van der Waals surface area (Å²) in [5, 5.41) is 0. The number of aromatic amines is 1. The molecule has 2 unspecified atom stereocenters. The van der Waals surface area contributed by atoms with Gasteiger partial charge in [0, 0.05) is 36.4 Å². The van der Waals surface area contributed by atoms with Gasteiger partial charge in [-0.2, -0.15) is 0 Å². The van der Waals surface area contributed by atoms with E-state index in [1.165, 1.54) is 27.9 Å². The Hall–Kier alpha value is -5.14. The third kappa shape index (κ3) is 9.20. The van der Waals surface area contributed by atoms with Crippen molar-refractivity contribution >= 4 is 57.9 Å². The van der Waals surface area contributed by atoms with Crippen LogP contribution < -0.4 is 30.3 Å². The smallest absolute Gasteiger partial charge is 0.330 e. The first-order valence-electron chi connectivity index (χ1n) is 17.8. The van der Waals surface area contributed by atoms with Gasteiger partial charge in [-0.3, -0.25) is 13.7 Å². The van der Waals surface area contributed by atoms with Crippen LogP contribution >= 0.6 is 15.9 Å². The van der Waals surface area contributed by atoms with Crippen molar-refractivity contribution in [2.45, 2.75) is 31.8 Å². The summed E-state index contributed by atoms with van der Waals surface area (Å²) < 4.78 is 78.3. The normalized spacial score (nSPS) is 13.2. The summed E-state index contributed by atoms with van der Waals surface area (Å²) in [6, 6.07) is 11.8. The summed E-state index contributed by atoms with van der Waals surface area (Å²) in [5.41, 5.74) is 2.50. The zero-order chi connectivity index (χ0) is 41.2. The molecular formula is C38H43BrN6O10S2. The van der Waals surface area contributed by atoms with E-state index in [0.29, 0.717) is 80.4 Å². The number of benzene rings is 2. The van der Waals surface area contributed by atoms with Gasteiger partial charge in [-0.1, -0.05) is 12.1 Å². The lowest BCUT2D eigenvalue weighted by Crippen LogP contribution is -2.31. The molecule has 2 atom stereocenters. The Kier molecular flexibility index (Phi) is 12.2. The highest BCUT2D eigenvalue weighted by atomic mass is 79.9. The first-order chi connectivity index (χ1) is 27.0. The van der Waals surface area contributed by atoms with Crippen LogP contribution in [0.15, 0.2) is 75.0 Å². The van der Waals surface area contributed by atoms with Crippen molar-refractivity contribution in [3.05, 3.63) is 103 Å². The fourth-order valence-corrected chi connectivity index (χ4v) is 8.98. The van der Waals surface area contributed by atoms with Crippen LogP contribution in [0.4, 0.5) is 0 Å². The van der Waals surface area contributed by atoms with E-state index in [0.717, 1.165) is 18.1 Å². The molecule has 16 nitrogen and oxygen atoms in total. The lowest BCUT2D eigenvalue weighted by molar-refractivity contribution is 0.289. The van der Waals surface area contributed by atoms with Gasteiger partial charge in [0.15, 0.2) is 34.3 Å². The number of sulfone groups is 2. The summed E-state index contributed by atoms with van der Waals surface area (Å²) in [6.45, 7) is 2.41. The molecule has 0 fully saturated rings. The molecule has 0 radical (unpaired) electrons. The van der Waals surface area contributed by atoms with E-state index in [1.54, 1.807) is 68.0 Å². The fourth-order valence-electron chi connectivity index (χ4n) is 6.83. The molecule has 0 aliphatic heterocycles. The Balaban J connectivity index is 1.24. The van der Waals surface area contributed by atoms with Crippen molar-refractivity contribution in [2.24, 2.45) is 7.05 Å². The standard InChI is InChI=1S/C38H43BrN6O10S2/c1-7-54-33-16-24(10-12-31(33)52-3)29(21-56(5,48)49)44-35-27(42-37(44)46)15-23(19-40-35)9-8-14-55-34-17-25(11-13-32(34)53-4)30(22-57(6,50)51)45-36-28(43(2)38(45)47)18-26(39)20-41-36/h10-13,15-20,29-30H,7-9,14,21-22H2,1-6H3,(H,42,46). The van der Waals surface area contributed by atoms with E-state index < -0.39 is 43.1 Å². The van der Waals surface area contributed by atoms with Crippen molar-refractivity contribution in [1.29, 1.82) is 0 Å². The number of pyridine rings is 2. The maximum Gasteiger partial charge on any atom is 0.330 e. The number of hydrogen-bond donors (Lipinski definition) is 1. The summed E-state index contributed by atoms with van der Waals surface area (Å²) in [7, 11) is -2.53. The summed E-state index contributed by atoms with van der Waals surface area (Å²) >= 11 is 3.39. The minimum atomic E-state index is -3.58. The molecule has 57 heavy (non-hydrogen) atoms. The Morgan fingerprint density at radius 2 is 1.35 bits per heavy atom. The van der Waals surface area contributed by atoms with Crippen LogP contribution in [0, 0.1) is 0 Å². The van der Waals surface area contributed by atoms with Crippen LogP contribution in [-0.2, 0) is 33.1 Å². The van der Waals surface area contributed by atoms with Crippen LogP contribution in [0.3, 0.4) is 0 Å². The van der Waals surface area contributed by atoms with Gasteiger partial charge in [0.05, 0.1) is 62.1 Å². The first-order valence-corrected chi connectivity index (χ1v) is 22.7. The highest BCUT2D eigenvalue weighted by Gasteiger charge is 2.28. The number of hydrogen-bond acceptors (Lipinski definition) is 12. The number of fused-ring (bicyclic) bond motifs is 2. The second-order valence-electron chi connectivity index (χ2n) is 13.6. The Bertz CT molecular complexity index is 2790. The molecule has 0 aliphatic rings. The molecule has 1 N–H and O–H groups in total. The minimum Gasteiger partial charge on any atom is -0.493 e. The molecule has 2 aromatic carbocycles. The number of ether oxygens (including phenoxy) is 4. The number of nitrogens with one attached hydrogen (secondary N) is 1. The molecule has 0 spiro atoms. The minimum absolute atomic E-state index is 0.228. The van der Waals surface area contributed by atoms with Gasteiger partial charge in [-0.25, -0.2) is 36.4 Å². The summed E-state index contributed by atoms with van der Waals surface area (Å²) in [4.78, 5) is 38.8. The number of imidazole rings is 2. The number of aromatic nitrogens is 6. The Labute approximate surface area is 337 Å². The number of halogens is 1. The topological polar surface area (TPSA) is 196 Å². The van der Waals surface area contributed by atoms with Crippen molar-refractivity contribution in [3.8, 4) is 23.0 Å². The first kappa shape index (κ1) is 41.5. The number of nitrogens with zero attached hydrogens (tertiary/aromatic N) is 5. The third-order valence-corrected chi connectivity index (χ3v) is 11.6. The number of aryl methyl sites for hydroxylation is 2. The number of methoxy groups -OCH3 is 2. The largest absolute Gasteiger partial charge is 0.493 e. The highest BCUT2D eigenvalue weighted by molar-refractivity contribution is 9.10. The number of rotatable bonds is 17. The maximum atomic E-state index is 13.5. The lowest BCUT2D eigenvalue weighted by Gasteiger charge is -2.20. The van der Waals surface area contributed by atoms with Crippen LogP contribution in [0.25, 0.3) is 22.3 Å². The highest BCUT2D eigenvalue weighted by Crippen LogP contribution is 2.35. The Morgan fingerprint density at radius 1 is 0.772 bits per heavy atom. The van der Waals surface area contributed by atoms with Crippen molar-refractivity contribution < 1.29 is 35.8 Å². The average Bonchev–Trinajstić information content (AvgIpc) is 3.61. The van der Waals surface area contributed by atoms with Crippen LogP contribution in [0.5, 0.6) is 23.0 Å². The van der Waals surface area contributed by atoms with E-state index in [2.05, 4.69) is 30.9 Å². The van der Waals surface area contributed by atoms with Gasteiger partial charge < -0.3 is 23.9 Å². The second kappa shape index (κ2) is 16.8. The molecule has 0 bridgehead atoms. The molecule has 0 saturated carbocycles. The Morgan fingerprint density at radius 3 is 1.93 bits per heavy atom. The molecule has 0 saturated heterocycles. The average molecular weight is 888 g/mol. The predicted molar refractivity (Wildman–Crippen MR) is 220 cm³/mol. The zero-order valence-corrected chi connectivity index (χ0v) is 35.4. The molecule has 0 aliphatic carbocycles. The lowest BCUT2D eigenvalue weighted by atomic mass is 10.1. The third-order valence-electron chi connectivity index (χ3n) is 9.36. The van der Waals surface area contributed by atoms with Crippen molar-refractivity contribution in [1.82, 2.24) is 28.7 Å². The predicted octanol–water partition coefficient (Wildman–Crippen LogP) is 4.23. The van der Waals surface area contributed by atoms with E-state index >= 15 is 0 Å². The molecule has 4 heterocycles. The summed E-state index contributed by atoms with van der Waals surface area (Å²) in [6.07, 6.45) is 6.44. The zero-order valence-electron chi connectivity index (χ0n) is 32.2. The van der Waals surface area contributed by atoms with Gasteiger partial charge in [-0.05, 0) is 88.8 Å². The van der Waals surface area contributed by atoms with Crippen molar-refractivity contribution in [3.63, 3.8) is 0 Å². The van der Waals surface area contributed by atoms with E-state index in [-0.39, 0.29) is 18.1 Å². The SMILES string of the molecule is CCOc1cc(C(CS(C)(=O)=O)n2c(=O)[nH]c3cc(CCCOc4cc(C(CS(C)(=O)=O)n5c(=O)n(C)c6cc(Br)cnc65)ccc4OC)cnc32)ccc1OC. The van der Waals surface area contributed by atoms with Gasteiger partial charge >= 0.3 is 11.4 Å². The molecule has 4 aromatic heterocycles. The molecule has 304 valence electrons. The monoisotopic (exact) mass is 886 g/mol. The maximum absolute atomic E-state index is 13.5. The van der Waals surface area contributed by atoms with Crippen LogP contribution in [-0.4, -0.2) is 96.9 Å². The van der Waals surface area contributed by atoms with Gasteiger partial charge in [-0.15, -0.1) is 0 Å². The summed E-state index contributed by atoms with van der Waals surface area (Å²) in [5.74, 6) is 0.952. The molecule has 0 amide bonds.